The molecule has 5 heteroatoms. The number of nitrogens with zero attached hydrogens (tertiary/aromatic N) is 1. The average molecular weight is 367 g/mol. The fourth-order valence-electron chi connectivity index (χ4n) is 6.61. The number of amides is 3. The van der Waals surface area contributed by atoms with Crippen molar-refractivity contribution >= 4 is 17.6 Å². The molecule has 5 aliphatic rings. The van der Waals surface area contributed by atoms with Crippen LogP contribution in [-0.4, -0.2) is 35.0 Å². The minimum Gasteiger partial charge on any atom is -0.349 e. The maximum atomic E-state index is 13.2. The normalized spacial score (nSPS) is 36.7. The Morgan fingerprint density at radius 2 is 1.59 bits per heavy atom. The number of anilines is 1. The molecule has 0 unspecified atom stereocenters. The molecule has 6 rings (SSSR count). The van der Waals surface area contributed by atoms with E-state index in [1.54, 1.807) is 4.90 Å². The van der Waals surface area contributed by atoms with Gasteiger partial charge in [0.1, 0.15) is 6.04 Å². The Balaban J connectivity index is 1.26. The number of hydrogen-bond acceptors (Lipinski definition) is 2. The molecule has 27 heavy (non-hydrogen) atoms. The van der Waals surface area contributed by atoms with Gasteiger partial charge in [-0.25, -0.2) is 4.79 Å². The third-order valence-electron chi connectivity index (χ3n) is 7.27. The molecule has 4 saturated carbocycles. The highest BCUT2D eigenvalue weighted by Gasteiger charge is 2.52. The zero-order valence-electron chi connectivity index (χ0n) is 15.8. The van der Waals surface area contributed by atoms with Gasteiger partial charge in [0.25, 0.3) is 0 Å². The lowest BCUT2D eigenvalue weighted by Gasteiger charge is -2.57. The van der Waals surface area contributed by atoms with Crippen LogP contribution in [-0.2, 0) is 4.79 Å². The van der Waals surface area contributed by atoms with E-state index in [9.17, 15) is 9.59 Å². The monoisotopic (exact) mass is 367 g/mol. The summed E-state index contributed by atoms with van der Waals surface area (Å²) in [7, 11) is 0. The van der Waals surface area contributed by atoms with E-state index >= 15 is 0 Å². The SMILES string of the molecule is O=C(NC12CC3CC(CC(C3)C1)C2)[C@H]1CCCN1C(=O)Nc1ccccc1. The number of hydrogen-bond donors (Lipinski definition) is 2. The predicted molar refractivity (Wildman–Crippen MR) is 104 cm³/mol. The van der Waals surface area contributed by atoms with E-state index in [1.807, 2.05) is 30.3 Å². The first-order chi connectivity index (χ1) is 13.1. The molecular weight excluding hydrogens is 338 g/mol. The number of rotatable bonds is 3. The summed E-state index contributed by atoms with van der Waals surface area (Å²) in [6, 6.07) is 8.98. The molecule has 144 valence electrons. The van der Waals surface area contributed by atoms with E-state index in [0.29, 0.717) is 6.54 Å². The second-order valence-electron chi connectivity index (χ2n) is 9.33. The first kappa shape index (κ1) is 17.1. The highest BCUT2D eigenvalue weighted by atomic mass is 16.2. The fourth-order valence-corrected chi connectivity index (χ4v) is 6.61. The summed E-state index contributed by atoms with van der Waals surface area (Å²) in [5.41, 5.74) is 0.783. The number of urea groups is 1. The van der Waals surface area contributed by atoms with Crippen molar-refractivity contribution in [3.63, 3.8) is 0 Å². The maximum absolute atomic E-state index is 13.2. The zero-order chi connectivity index (χ0) is 18.4. The molecular formula is C22H29N3O2. The van der Waals surface area contributed by atoms with Crippen molar-refractivity contribution in [2.24, 2.45) is 17.8 Å². The second-order valence-corrected chi connectivity index (χ2v) is 9.33. The topological polar surface area (TPSA) is 61.4 Å². The molecule has 1 aliphatic heterocycles. The Hall–Kier alpha value is -2.04. The Bertz CT molecular complexity index is 697. The van der Waals surface area contributed by atoms with E-state index in [0.717, 1.165) is 55.5 Å². The molecule has 1 saturated heterocycles. The minimum atomic E-state index is -0.332. The van der Waals surface area contributed by atoms with Gasteiger partial charge in [0.15, 0.2) is 0 Å². The largest absolute Gasteiger partial charge is 0.349 e. The van der Waals surface area contributed by atoms with Crippen LogP contribution in [0.25, 0.3) is 0 Å². The summed E-state index contributed by atoms with van der Waals surface area (Å²) in [4.78, 5) is 27.6. The minimum absolute atomic E-state index is 0.00992. The van der Waals surface area contributed by atoms with E-state index in [-0.39, 0.29) is 23.5 Å². The molecule has 1 heterocycles. The van der Waals surface area contributed by atoms with Crippen molar-refractivity contribution in [2.75, 3.05) is 11.9 Å². The van der Waals surface area contributed by atoms with Crippen LogP contribution >= 0.6 is 0 Å². The van der Waals surface area contributed by atoms with Crippen LogP contribution < -0.4 is 10.6 Å². The summed E-state index contributed by atoms with van der Waals surface area (Å²) >= 11 is 0. The lowest BCUT2D eigenvalue weighted by atomic mass is 9.53. The molecule has 3 amide bonds. The van der Waals surface area contributed by atoms with Gasteiger partial charge in [-0.15, -0.1) is 0 Å². The lowest BCUT2D eigenvalue weighted by Crippen LogP contribution is -2.62. The third-order valence-corrected chi connectivity index (χ3v) is 7.27. The van der Waals surface area contributed by atoms with Crippen molar-refractivity contribution in [3.8, 4) is 0 Å². The average Bonchev–Trinajstić information content (AvgIpc) is 3.11. The highest BCUT2D eigenvalue weighted by Crippen LogP contribution is 2.55. The van der Waals surface area contributed by atoms with Gasteiger partial charge in [-0.1, -0.05) is 18.2 Å². The molecule has 0 aromatic heterocycles. The number of para-hydroxylation sites is 1. The summed E-state index contributed by atoms with van der Waals surface area (Å²) in [5.74, 6) is 2.48. The fraction of sp³-hybridized carbons (Fsp3) is 0.636. The quantitative estimate of drug-likeness (QED) is 0.854. The van der Waals surface area contributed by atoms with Gasteiger partial charge in [0, 0.05) is 17.8 Å². The molecule has 4 aliphatic carbocycles. The van der Waals surface area contributed by atoms with Gasteiger partial charge < -0.3 is 15.5 Å². The van der Waals surface area contributed by atoms with E-state index in [1.165, 1.54) is 19.3 Å². The van der Waals surface area contributed by atoms with Gasteiger partial charge in [0.05, 0.1) is 0 Å². The molecule has 5 nitrogen and oxygen atoms in total. The third kappa shape index (κ3) is 3.21. The Kier molecular flexibility index (Phi) is 4.14. The number of carbonyl (C=O) groups is 2. The smallest absolute Gasteiger partial charge is 0.322 e. The predicted octanol–water partition coefficient (Wildman–Crippen LogP) is 3.77. The van der Waals surface area contributed by atoms with Crippen LogP contribution in [0.3, 0.4) is 0 Å². The molecule has 0 radical (unpaired) electrons. The zero-order valence-corrected chi connectivity index (χ0v) is 15.8. The lowest BCUT2D eigenvalue weighted by molar-refractivity contribution is -0.130. The molecule has 4 bridgehead atoms. The first-order valence-corrected chi connectivity index (χ1v) is 10.5. The van der Waals surface area contributed by atoms with Crippen molar-refractivity contribution in [1.82, 2.24) is 10.2 Å². The van der Waals surface area contributed by atoms with Crippen LogP contribution in [0.15, 0.2) is 30.3 Å². The number of carbonyl (C=O) groups excluding carboxylic acids is 2. The van der Waals surface area contributed by atoms with Crippen LogP contribution in [0, 0.1) is 17.8 Å². The van der Waals surface area contributed by atoms with E-state index < -0.39 is 0 Å². The maximum Gasteiger partial charge on any atom is 0.322 e. The van der Waals surface area contributed by atoms with Crippen LogP contribution in [0.5, 0.6) is 0 Å². The molecule has 1 aromatic rings. The standard InChI is InChI=1S/C22H29N3O2/c26-20(24-22-12-15-9-16(13-22)11-17(10-15)14-22)19-7-4-8-25(19)21(27)23-18-5-2-1-3-6-18/h1-3,5-6,15-17,19H,4,7-14H2,(H,23,27)(H,24,26)/t15?,16?,17?,19-,22?/m1/s1. The van der Waals surface area contributed by atoms with Gasteiger partial charge in [-0.3, -0.25) is 4.79 Å². The summed E-state index contributed by atoms with van der Waals surface area (Å²) < 4.78 is 0. The van der Waals surface area contributed by atoms with Crippen molar-refractivity contribution in [1.29, 1.82) is 0 Å². The number of nitrogens with one attached hydrogen (secondary N) is 2. The molecule has 2 N–H and O–H groups in total. The van der Waals surface area contributed by atoms with Gasteiger partial charge >= 0.3 is 6.03 Å². The van der Waals surface area contributed by atoms with E-state index in [2.05, 4.69) is 10.6 Å². The van der Waals surface area contributed by atoms with E-state index in [4.69, 9.17) is 0 Å². The van der Waals surface area contributed by atoms with Crippen LogP contribution in [0.1, 0.15) is 51.4 Å². The molecule has 1 aromatic carbocycles. The van der Waals surface area contributed by atoms with Crippen LogP contribution in [0.4, 0.5) is 10.5 Å². The second kappa shape index (κ2) is 6.54. The number of benzene rings is 1. The Morgan fingerprint density at radius 1 is 0.963 bits per heavy atom. The molecule has 1 atom stereocenters. The Labute approximate surface area is 160 Å². The van der Waals surface area contributed by atoms with Crippen LogP contribution in [0.2, 0.25) is 0 Å². The van der Waals surface area contributed by atoms with Gasteiger partial charge in [-0.05, 0) is 81.3 Å². The summed E-state index contributed by atoms with van der Waals surface area (Å²) in [5, 5.41) is 6.39. The number of likely N-dealkylation sites (tertiary alicyclic amines) is 1. The molecule has 5 fully saturated rings. The summed E-state index contributed by atoms with van der Waals surface area (Å²) in [6.45, 7) is 0.650. The van der Waals surface area contributed by atoms with Crippen molar-refractivity contribution in [2.45, 2.75) is 62.9 Å². The molecule has 0 spiro atoms. The van der Waals surface area contributed by atoms with Gasteiger partial charge in [0.2, 0.25) is 5.91 Å². The van der Waals surface area contributed by atoms with Crippen molar-refractivity contribution < 1.29 is 9.59 Å². The van der Waals surface area contributed by atoms with Crippen molar-refractivity contribution in [3.05, 3.63) is 30.3 Å². The highest BCUT2D eigenvalue weighted by molar-refractivity contribution is 5.94. The van der Waals surface area contributed by atoms with Gasteiger partial charge in [-0.2, -0.15) is 0 Å². The first-order valence-electron chi connectivity index (χ1n) is 10.5. The Morgan fingerprint density at radius 3 is 2.22 bits per heavy atom. The summed E-state index contributed by atoms with van der Waals surface area (Å²) in [6.07, 6.45) is 9.19.